The van der Waals surface area contributed by atoms with Crippen LogP contribution in [-0.4, -0.2) is 46.3 Å². The summed E-state index contributed by atoms with van der Waals surface area (Å²) in [5, 5.41) is 15.8. The van der Waals surface area contributed by atoms with E-state index in [-0.39, 0.29) is 29.9 Å². The second-order valence-electron chi connectivity index (χ2n) is 6.53. The van der Waals surface area contributed by atoms with Gasteiger partial charge in [0.2, 0.25) is 11.8 Å². The van der Waals surface area contributed by atoms with Gasteiger partial charge in [-0.2, -0.15) is 0 Å². The second kappa shape index (κ2) is 7.65. The molecule has 0 bridgehead atoms. The summed E-state index contributed by atoms with van der Waals surface area (Å²) < 4.78 is 13.3. The highest BCUT2D eigenvalue weighted by Crippen LogP contribution is 2.37. The Morgan fingerprint density at radius 3 is 2.68 bits per heavy atom. The number of hydrogen-bond donors (Lipinski definition) is 4. The molecule has 1 unspecified atom stereocenters. The second-order valence-corrected chi connectivity index (χ2v) is 7.51. The first kappa shape index (κ1) is 18.5. The third-order valence-corrected chi connectivity index (χ3v) is 5.73. The lowest BCUT2D eigenvalue weighted by molar-refractivity contribution is -0.127. The van der Waals surface area contributed by atoms with Gasteiger partial charge >= 0.3 is 0 Å². The molecule has 1 aliphatic heterocycles. The number of benzene rings is 2. The van der Waals surface area contributed by atoms with Crippen molar-refractivity contribution in [3.05, 3.63) is 54.3 Å². The van der Waals surface area contributed by atoms with Crippen LogP contribution < -0.4 is 10.6 Å². The number of hydrogen-bond acceptors (Lipinski definition) is 4. The normalized spacial score (nSPS) is 19.0. The molecular formula is C20H18FN3O3S. The smallest absolute Gasteiger partial charge is 0.245 e. The molecule has 3 aromatic rings. The van der Waals surface area contributed by atoms with Crippen molar-refractivity contribution in [3.63, 3.8) is 0 Å². The van der Waals surface area contributed by atoms with Crippen molar-refractivity contribution in [3.8, 4) is 11.3 Å². The SMILES string of the molecule is O=C(CSc1c(-c2ccc(F)cc2)[nH]c2ccccc12)NC1C(=O)NC[C@H]1O. The van der Waals surface area contributed by atoms with Gasteiger partial charge in [0.15, 0.2) is 0 Å². The van der Waals surface area contributed by atoms with E-state index in [1.165, 1.54) is 23.9 Å². The van der Waals surface area contributed by atoms with Crippen LogP contribution in [-0.2, 0) is 9.59 Å². The van der Waals surface area contributed by atoms with Gasteiger partial charge < -0.3 is 20.7 Å². The zero-order valence-corrected chi connectivity index (χ0v) is 15.6. The number of thioether (sulfide) groups is 1. The van der Waals surface area contributed by atoms with Crippen LogP contribution >= 0.6 is 11.8 Å². The first-order valence-corrected chi connectivity index (χ1v) is 9.76. The van der Waals surface area contributed by atoms with Gasteiger partial charge in [0.1, 0.15) is 18.0 Å². The predicted molar refractivity (Wildman–Crippen MR) is 105 cm³/mol. The fourth-order valence-electron chi connectivity index (χ4n) is 3.21. The van der Waals surface area contributed by atoms with Crippen LogP contribution in [0.25, 0.3) is 22.2 Å². The Hall–Kier alpha value is -2.84. The third-order valence-electron chi connectivity index (χ3n) is 4.61. The average molecular weight is 399 g/mol. The number of aromatic amines is 1. The summed E-state index contributed by atoms with van der Waals surface area (Å²) in [7, 11) is 0. The molecule has 2 aromatic carbocycles. The summed E-state index contributed by atoms with van der Waals surface area (Å²) in [6.45, 7) is 0.133. The van der Waals surface area contributed by atoms with Crippen LogP contribution in [0.4, 0.5) is 4.39 Å². The number of carbonyl (C=O) groups is 2. The lowest BCUT2D eigenvalue weighted by atomic mass is 10.1. The van der Waals surface area contributed by atoms with Gasteiger partial charge in [-0.1, -0.05) is 18.2 Å². The van der Waals surface area contributed by atoms with Crippen molar-refractivity contribution >= 4 is 34.5 Å². The molecular weight excluding hydrogens is 381 g/mol. The number of aliphatic hydroxyl groups excluding tert-OH is 1. The first-order valence-electron chi connectivity index (χ1n) is 8.77. The molecule has 28 heavy (non-hydrogen) atoms. The third kappa shape index (κ3) is 3.61. The maximum atomic E-state index is 13.3. The van der Waals surface area contributed by atoms with Crippen molar-refractivity contribution in [2.75, 3.05) is 12.3 Å². The molecule has 0 aliphatic carbocycles. The van der Waals surface area contributed by atoms with Crippen LogP contribution in [0.1, 0.15) is 0 Å². The van der Waals surface area contributed by atoms with Crippen molar-refractivity contribution in [1.82, 2.24) is 15.6 Å². The molecule has 0 saturated carbocycles. The predicted octanol–water partition coefficient (Wildman–Crippen LogP) is 2.04. The molecule has 1 saturated heterocycles. The number of halogens is 1. The number of nitrogens with one attached hydrogen (secondary N) is 3. The van der Waals surface area contributed by atoms with E-state index in [9.17, 15) is 19.1 Å². The molecule has 1 aromatic heterocycles. The Morgan fingerprint density at radius 1 is 1.21 bits per heavy atom. The van der Waals surface area contributed by atoms with E-state index in [2.05, 4.69) is 15.6 Å². The van der Waals surface area contributed by atoms with Gasteiger partial charge in [-0.25, -0.2) is 4.39 Å². The molecule has 0 radical (unpaired) electrons. The molecule has 2 amide bonds. The van der Waals surface area contributed by atoms with E-state index >= 15 is 0 Å². The highest BCUT2D eigenvalue weighted by molar-refractivity contribution is 8.00. The molecule has 1 aliphatic rings. The van der Waals surface area contributed by atoms with Gasteiger partial charge in [0.25, 0.3) is 0 Å². The van der Waals surface area contributed by atoms with Crippen molar-refractivity contribution in [1.29, 1.82) is 0 Å². The molecule has 8 heteroatoms. The first-order chi connectivity index (χ1) is 13.5. The van der Waals surface area contributed by atoms with Crippen LogP contribution in [0.5, 0.6) is 0 Å². The number of H-pyrrole nitrogens is 1. The number of fused-ring (bicyclic) bond motifs is 1. The molecule has 4 rings (SSSR count). The minimum Gasteiger partial charge on any atom is -0.389 e. The summed E-state index contributed by atoms with van der Waals surface area (Å²) in [6, 6.07) is 12.9. The summed E-state index contributed by atoms with van der Waals surface area (Å²) in [5.41, 5.74) is 2.53. The van der Waals surface area contributed by atoms with Gasteiger partial charge in [0.05, 0.1) is 11.4 Å². The number of carbonyl (C=O) groups excluding carboxylic acids is 2. The minimum absolute atomic E-state index is 0.0759. The number of aromatic nitrogens is 1. The van der Waals surface area contributed by atoms with Crippen molar-refractivity contribution < 1.29 is 19.1 Å². The number of β-amino-alcohol motifs (C(OH)–C–C–N with tert-alkyl or cyclic N) is 1. The van der Waals surface area contributed by atoms with Crippen LogP contribution in [0.3, 0.4) is 0 Å². The molecule has 4 N–H and O–H groups in total. The number of rotatable bonds is 5. The average Bonchev–Trinajstić information content (AvgIpc) is 3.22. The highest BCUT2D eigenvalue weighted by Gasteiger charge is 2.34. The van der Waals surface area contributed by atoms with Crippen LogP contribution in [0.2, 0.25) is 0 Å². The molecule has 2 atom stereocenters. The van der Waals surface area contributed by atoms with Gasteiger partial charge in [-0.05, 0) is 35.9 Å². The Bertz CT molecular complexity index is 1030. The van der Waals surface area contributed by atoms with E-state index in [4.69, 9.17) is 0 Å². The van der Waals surface area contributed by atoms with E-state index in [1.807, 2.05) is 24.3 Å². The lowest BCUT2D eigenvalue weighted by Crippen LogP contribution is -2.46. The number of para-hydroxylation sites is 1. The van der Waals surface area contributed by atoms with Crippen molar-refractivity contribution in [2.24, 2.45) is 0 Å². The summed E-state index contributed by atoms with van der Waals surface area (Å²) >= 11 is 1.33. The van der Waals surface area contributed by atoms with E-state index in [0.29, 0.717) is 0 Å². The van der Waals surface area contributed by atoms with Gasteiger partial charge in [0, 0.05) is 22.3 Å². The summed E-state index contributed by atoms with van der Waals surface area (Å²) in [4.78, 5) is 28.2. The van der Waals surface area contributed by atoms with E-state index in [1.54, 1.807) is 12.1 Å². The fourth-order valence-corrected chi connectivity index (χ4v) is 4.21. The largest absolute Gasteiger partial charge is 0.389 e. The Kier molecular flexibility index (Phi) is 5.06. The van der Waals surface area contributed by atoms with E-state index < -0.39 is 12.1 Å². The maximum Gasteiger partial charge on any atom is 0.245 e. The number of amides is 2. The fraction of sp³-hybridized carbons (Fsp3) is 0.200. The Labute approximate surface area is 164 Å². The molecule has 6 nitrogen and oxygen atoms in total. The lowest BCUT2D eigenvalue weighted by Gasteiger charge is -2.13. The highest BCUT2D eigenvalue weighted by atomic mass is 32.2. The zero-order valence-electron chi connectivity index (χ0n) is 14.7. The summed E-state index contributed by atoms with van der Waals surface area (Å²) in [5.74, 6) is -0.972. The van der Waals surface area contributed by atoms with Crippen LogP contribution in [0.15, 0.2) is 53.4 Å². The summed E-state index contributed by atoms with van der Waals surface area (Å²) in [6.07, 6.45) is -0.927. The van der Waals surface area contributed by atoms with Crippen molar-refractivity contribution in [2.45, 2.75) is 17.0 Å². The topological polar surface area (TPSA) is 94.2 Å². The van der Waals surface area contributed by atoms with E-state index in [0.717, 1.165) is 27.1 Å². The Balaban J connectivity index is 1.57. The van der Waals surface area contributed by atoms with Gasteiger partial charge in [-0.15, -0.1) is 11.8 Å². The van der Waals surface area contributed by atoms with Gasteiger partial charge in [-0.3, -0.25) is 9.59 Å². The number of aliphatic hydroxyl groups is 1. The quantitative estimate of drug-likeness (QED) is 0.494. The zero-order chi connectivity index (χ0) is 19.7. The monoisotopic (exact) mass is 399 g/mol. The maximum absolute atomic E-state index is 13.3. The van der Waals surface area contributed by atoms with Crippen LogP contribution in [0, 0.1) is 5.82 Å². The molecule has 144 valence electrons. The minimum atomic E-state index is -0.927. The standard InChI is InChI=1S/C20H18FN3O3S/c21-12-7-5-11(6-8-12)17-19(13-3-1-2-4-14(13)23-17)28-10-16(26)24-18-15(25)9-22-20(18)27/h1-8,15,18,23,25H,9-10H2,(H,22,27)(H,24,26)/t15-,18?/m1/s1. The molecule has 2 heterocycles. The molecule has 0 spiro atoms. The Morgan fingerprint density at radius 2 is 1.96 bits per heavy atom. The molecule has 1 fully saturated rings.